The number of aryl methyl sites for hydroxylation is 1. The first-order valence-corrected chi connectivity index (χ1v) is 9.09. The topological polar surface area (TPSA) is 80.4 Å². The maximum Gasteiger partial charge on any atom is 0.414 e. The molecule has 7 nitrogen and oxygen atoms in total. The van der Waals surface area contributed by atoms with Gasteiger partial charge in [-0.05, 0) is 52.7 Å². The van der Waals surface area contributed by atoms with Crippen LogP contribution < -0.4 is 9.64 Å². The summed E-state index contributed by atoms with van der Waals surface area (Å²) in [6.45, 7) is 8.52. The van der Waals surface area contributed by atoms with Gasteiger partial charge in [-0.1, -0.05) is 0 Å². The van der Waals surface area contributed by atoms with Gasteiger partial charge in [0, 0.05) is 12.6 Å². The third kappa shape index (κ3) is 4.05. The average molecular weight is 368 g/mol. The fourth-order valence-electron chi connectivity index (χ4n) is 3.00. The number of hydrogen-bond donors (Lipinski definition) is 0. The first-order valence-electron chi connectivity index (χ1n) is 9.09. The van der Waals surface area contributed by atoms with E-state index >= 15 is 0 Å². The smallest absolute Gasteiger partial charge is 0.414 e. The Kier molecular flexibility index (Phi) is 5.08. The number of carbonyl (C=O) groups excluding carboxylic acids is 1. The minimum Gasteiger partial charge on any atom is -0.492 e. The highest BCUT2D eigenvalue weighted by atomic mass is 16.6. The van der Waals surface area contributed by atoms with E-state index in [-0.39, 0.29) is 6.09 Å². The van der Waals surface area contributed by atoms with E-state index < -0.39 is 5.60 Å². The van der Waals surface area contributed by atoms with E-state index in [1.807, 2.05) is 33.9 Å². The van der Waals surface area contributed by atoms with Crippen LogP contribution in [0.15, 0.2) is 24.4 Å². The van der Waals surface area contributed by atoms with Crippen LogP contribution in [0.2, 0.25) is 0 Å². The lowest BCUT2D eigenvalue weighted by molar-refractivity contribution is 0.0578. The lowest BCUT2D eigenvalue weighted by atomic mass is 10.1. The van der Waals surface area contributed by atoms with E-state index in [1.54, 1.807) is 27.8 Å². The largest absolute Gasteiger partial charge is 0.492 e. The Morgan fingerprint density at radius 1 is 1.33 bits per heavy atom. The zero-order chi connectivity index (χ0) is 19.6. The molecule has 1 aliphatic rings. The first kappa shape index (κ1) is 18.8. The molecule has 0 saturated carbocycles. The zero-order valence-electron chi connectivity index (χ0n) is 16.2. The second kappa shape index (κ2) is 7.31. The molecule has 142 valence electrons. The molecule has 0 unspecified atom stereocenters. The molecular weight excluding hydrogens is 344 g/mol. The number of nitrogens with zero attached hydrogens (tertiary/aromatic N) is 4. The molecule has 1 aromatic heterocycles. The van der Waals surface area contributed by atoms with E-state index in [0.29, 0.717) is 24.5 Å². The number of fused-ring (bicyclic) bond motifs is 1. The van der Waals surface area contributed by atoms with Gasteiger partial charge >= 0.3 is 6.09 Å². The van der Waals surface area contributed by atoms with Gasteiger partial charge < -0.3 is 9.47 Å². The molecule has 2 heterocycles. The molecule has 0 atom stereocenters. The van der Waals surface area contributed by atoms with Crippen LogP contribution in [-0.4, -0.2) is 34.6 Å². The summed E-state index contributed by atoms with van der Waals surface area (Å²) >= 11 is 0. The van der Waals surface area contributed by atoms with Crippen LogP contribution in [0.25, 0.3) is 5.69 Å². The summed E-state index contributed by atoms with van der Waals surface area (Å²) in [5.74, 6) is 0.584. The van der Waals surface area contributed by atoms with Gasteiger partial charge in [0.2, 0.25) is 0 Å². The van der Waals surface area contributed by atoms with Crippen LogP contribution in [0.4, 0.5) is 10.5 Å². The molecule has 0 bridgehead atoms. The average Bonchev–Trinajstić information content (AvgIpc) is 3.04. The normalized spacial score (nSPS) is 13.7. The molecule has 0 aliphatic carbocycles. The summed E-state index contributed by atoms with van der Waals surface area (Å²) in [6, 6.07) is 7.35. The predicted molar refractivity (Wildman–Crippen MR) is 101 cm³/mol. The lowest BCUT2D eigenvalue weighted by Gasteiger charge is -2.29. The monoisotopic (exact) mass is 368 g/mol. The quantitative estimate of drug-likeness (QED) is 0.822. The zero-order valence-corrected chi connectivity index (χ0v) is 16.2. The number of rotatable bonds is 3. The second-order valence-electron chi connectivity index (χ2n) is 7.37. The molecule has 3 rings (SSSR count). The van der Waals surface area contributed by atoms with Crippen molar-refractivity contribution in [2.45, 2.75) is 46.1 Å². The Hall–Kier alpha value is -3.01. The van der Waals surface area contributed by atoms with Crippen molar-refractivity contribution >= 4 is 11.8 Å². The number of amides is 1. The van der Waals surface area contributed by atoms with Crippen LogP contribution in [0.1, 0.15) is 45.4 Å². The van der Waals surface area contributed by atoms with Crippen molar-refractivity contribution in [1.82, 2.24) is 9.78 Å². The van der Waals surface area contributed by atoms with E-state index in [1.165, 1.54) is 0 Å². The Morgan fingerprint density at radius 2 is 2.11 bits per heavy atom. The lowest BCUT2D eigenvalue weighted by Crippen LogP contribution is -2.39. The third-order valence-corrected chi connectivity index (χ3v) is 4.10. The van der Waals surface area contributed by atoms with Crippen LogP contribution in [0, 0.1) is 11.3 Å². The van der Waals surface area contributed by atoms with Crippen molar-refractivity contribution in [3.63, 3.8) is 0 Å². The van der Waals surface area contributed by atoms with Crippen molar-refractivity contribution < 1.29 is 14.3 Å². The number of ether oxygens (including phenoxy) is 2. The fourth-order valence-corrected chi connectivity index (χ4v) is 3.00. The molecule has 1 aromatic carbocycles. The molecule has 0 saturated heterocycles. The van der Waals surface area contributed by atoms with Crippen LogP contribution in [0.5, 0.6) is 5.75 Å². The van der Waals surface area contributed by atoms with Gasteiger partial charge in [-0.15, -0.1) is 0 Å². The minimum absolute atomic E-state index is 0.368. The van der Waals surface area contributed by atoms with Gasteiger partial charge in [0.15, 0.2) is 0 Å². The van der Waals surface area contributed by atoms with E-state index in [9.17, 15) is 4.79 Å². The van der Waals surface area contributed by atoms with Gasteiger partial charge in [0.05, 0.1) is 35.8 Å². The fraction of sp³-hybridized carbons (Fsp3) is 0.450. The highest BCUT2D eigenvalue weighted by molar-refractivity contribution is 5.89. The number of carbonyl (C=O) groups is 1. The first-order chi connectivity index (χ1) is 12.8. The van der Waals surface area contributed by atoms with Crippen LogP contribution in [-0.2, 0) is 11.2 Å². The Morgan fingerprint density at radius 3 is 2.78 bits per heavy atom. The molecule has 27 heavy (non-hydrogen) atoms. The predicted octanol–water partition coefficient (Wildman–Crippen LogP) is 3.83. The van der Waals surface area contributed by atoms with E-state index in [4.69, 9.17) is 14.7 Å². The Bertz CT molecular complexity index is 890. The Balaban J connectivity index is 1.98. The SMILES string of the molecule is CCOc1cc(C#N)ccc1-n1cc2c(n1)CCCN2C(=O)OC(C)(C)C. The highest BCUT2D eigenvalue weighted by Gasteiger charge is 2.29. The molecule has 2 aromatic rings. The van der Waals surface area contributed by atoms with Gasteiger partial charge in [-0.2, -0.15) is 10.4 Å². The maximum absolute atomic E-state index is 12.6. The molecule has 7 heteroatoms. The number of nitriles is 1. The van der Waals surface area contributed by atoms with Crippen molar-refractivity contribution in [1.29, 1.82) is 5.26 Å². The van der Waals surface area contributed by atoms with Crippen LogP contribution in [0.3, 0.4) is 0 Å². The second-order valence-corrected chi connectivity index (χ2v) is 7.37. The summed E-state index contributed by atoms with van der Waals surface area (Å²) in [5, 5.41) is 13.8. The molecule has 0 N–H and O–H groups in total. The van der Waals surface area contributed by atoms with Gasteiger partial charge in [0.1, 0.15) is 17.0 Å². The summed E-state index contributed by atoms with van der Waals surface area (Å²) < 4.78 is 12.9. The standard InChI is InChI=1S/C20H24N4O3/c1-5-26-18-11-14(12-21)8-9-16(18)24-13-17-15(22-24)7-6-10-23(17)19(25)27-20(2,3)4/h8-9,11,13H,5-7,10H2,1-4H3. The molecule has 1 amide bonds. The van der Waals surface area contributed by atoms with E-state index in [0.717, 1.165) is 29.9 Å². The van der Waals surface area contributed by atoms with Gasteiger partial charge in [0.25, 0.3) is 0 Å². The third-order valence-electron chi connectivity index (χ3n) is 4.10. The molecule has 0 fully saturated rings. The number of hydrogen-bond acceptors (Lipinski definition) is 5. The van der Waals surface area contributed by atoms with Crippen molar-refractivity contribution in [3.05, 3.63) is 35.7 Å². The summed E-state index contributed by atoms with van der Waals surface area (Å²) in [4.78, 5) is 14.2. The highest BCUT2D eigenvalue weighted by Crippen LogP contribution is 2.31. The number of aromatic nitrogens is 2. The number of benzene rings is 1. The molecule has 0 radical (unpaired) electrons. The van der Waals surface area contributed by atoms with Gasteiger partial charge in [-0.3, -0.25) is 4.90 Å². The summed E-state index contributed by atoms with van der Waals surface area (Å²) in [5.41, 5.74) is 2.30. The minimum atomic E-state index is -0.556. The maximum atomic E-state index is 12.6. The molecule has 0 spiro atoms. The van der Waals surface area contributed by atoms with E-state index in [2.05, 4.69) is 11.2 Å². The summed E-state index contributed by atoms with van der Waals surface area (Å²) in [6.07, 6.45) is 3.08. The molecule has 1 aliphatic heterocycles. The van der Waals surface area contributed by atoms with Gasteiger partial charge in [-0.25, -0.2) is 9.48 Å². The Labute approximate surface area is 159 Å². The molecular formula is C20H24N4O3. The number of anilines is 1. The van der Waals surface area contributed by atoms with Crippen LogP contribution >= 0.6 is 0 Å². The van der Waals surface area contributed by atoms with Crippen molar-refractivity contribution in [2.75, 3.05) is 18.1 Å². The van der Waals surface area contributed by atoms with Crippen molar-refractivity contribution in [2.24, 2.45) is 0 Å². The summed E-state index contributed by atoms with van der Waals surface area (Å²) in [7, 11) is 0. The van der Waals surface area contributed by atoms with Crippen molar-refractivity contribution in [3.8, 4) is 17.5 Å².